The predicted octanol–water partition coefficient (Wildman–Crippen LogP) is 5.39. The third kappa shape index (κ3) is 3.46. The van der Waals surface area contributed by atoms with Gasteiger partial charge in [-0.2, -0.15) is 0 Å². The molecular formula is C24H26N2O. The summed E-state index contributed by atoms with van der Waals surface area (Å²) < 4.78 is 0. The maximum Gasteiger partial charge on any atom is 0.254 e. The Hall–Kier alpha value is -2.68. The highest BCUT2D eigenvalue weighted by Gasteiger charge is 2.24. The van der Waals surface area contributed by atoms with Crippen molar-refractivity contribution in [3.63, 3.8) is 0 Å². The van der Waals surface area contributed by atoms with Crippen molar-refractivity contribution in [3.05, 3.63) is 65.2 Å². The molecular weight excluding hydrogens is 332 g/mol. The minimum absolute atomic E-state index is 0.131. The van der Waals surface area contributed by atoms with Crippen molar-refractivity contribution in [3.8, 4) is 11.3 Å². The van der Waals surface area contributed by atoms with E-state index in [1.807, 2.05) is 35.2 Å². The molecule has 1 aromatic heterocycles. The number of hydrogen-bond acceptors (Lipinski definition) is 2. The minimum atomic E-state index is 0.131. The zero-order valence-electron chi connectivity index (χ0n) is 16.3. The molecule has 1 atom stereocenters. The van der Waals surface area contributed by atoms with E-state index in [9.17, 15) is 4.79 Å². The average molecular weight is 358 g/mol. The van der Waals surface area contributed by atoms with Gasteiger partial charge in [-0.1, -0.05) is 48.9 Å². The normalized spacial score (nSPS) is 17.3. The first-order valence-electron chi connectivity index (χ1n) is 9.79. The molecule has 0 saturated carbocycles. The fourth-order valence-electron chi connectivity index (χ4n) is 4.14. The van der Waals surface area contributed by atoms with E-state index in [-0.39, 0.29) is 5.91 Å². The highest BCUT2D eigenvalue weighted by Crippen LogP contribution is 2.29. The molecule has 0 spiro atoms. The van der Waals surface area contributed by atoms with Gasteiger partial charge in [-0.25, -0.2) is 4.98 Å². The lowest BCUT2D eigenvalue weighted by Gasteiger charge is -2.31. The first-order chi connectivity index (χ1) is 13.0. The third-order valence-electron chi connectivity index (χ3n) is 5.55. The van der Waals surface area contributed by atoms with E-state index >= 15 is 0 Å². The van der Waals surface area contributed by atoms with Crippen LogP contribution in [0.5, 0.6) is 0 Å². The molecule has 0 bridgehead atoms. The van der Waals surface area contributed by atoms with Gasteiger partial charge in [0.15, 0.2) is 0 Å². The van der Waals surface area contributed by atoms with Crippen LogP contribution in [-0.2, 0) is 0 Å². The average Bonchev–Trinajstić information content (AvgIpc) is 2.66. The number of likely N-dealkylation sites (tertiary alicyclic amines) is 1. The summed E-state index contributed by atoms with van der Waals surface area (Å²) in [4.78, 5) is 20.3. The molecule has 1 amide bonds. The van der Waals surface area contributed by atoms with Crippen molar-refractivity contribution in [1.29, 1.82) is 0 Å². The zero-order valence-corrected chi connectivity index (χ0v) is 16.3. The molecule has 1 fully saturated rings. The van der Waals surface area contributed by atoms with E-state index in [1.165, 1.54) is 17.5 Å². The number of fused-ring (bicyclic) bond motifs is 1. The fourth-order valence-corrected chi connectivity index (χ4v) is 4.14. The fraction of sp³-hybridized carbons (Fsp3) is 0.333. The summed E-state index contributed by atoms with van der Waals surface area (Å²) in [6.07, 6.45) is 2.29. The second-order valence-electron chi connectivity index (χ2n) is 7.89. The van der Waals surface area contributed by atoms with Crippen molar-refractivity contribution >= 4 is 16.8 Å². The Kier molecular flexibility index (Phi) is 4.69. The van der Waals surface area contributed by atoms with Crippen LogP contribution in [0, 0.1) is 19.8 Å². The quantitative estimate of drug-likeness (QED) is 0.615. The Morgan fingerprint density at radius 3 is 2.70 bits per heavy atom. The number of piperidine rings is 1. The standard InChI is InChI=1S/C24H26N2O/c1-16-10-11-19(18(3)13-16)23-14-21(20-8-4-5-9-22(20)25-23)24(27)26-12-6-7-17(2)15-26/h4-5,8-11,13-14,17H,6-7,12,15H2,1-3H3. The Labute approximate surface area is 161 Å². The van der Waals surface area contributed by atoms with Crippen LogP contribution in [0.25, 0.3) is 22.2 Å². The summed E-state index contributed by atoms with van der Waals surface area (Å²) in [5.74, 6) is 0.695. The molecule has 1 aliphatic rings. The summed E-state index contributed by atoms with van der Waals surface area (Å²) >= 11 is 0. The van der Waals surface area contributed by atoms with Gasteiger partial charge in [-0.05, 0) is 50.3 Å². The van der Waals surface area contributed by atoms with Gasteiger partial charge in [-0.3, -0.25) is 4.79 Å². The Morgan fingerprint density at radius 1 is 1.11 bits per heavy atom. The van der Waals surface area contributed by atoms with Crippen molar-refractivity contribution in [2.24, 2.45) is 5.92 Å². The number of para-hydroxylation sites is 1. The van der Waals surface area contributed by atoms with Gasteiger partial charge in [0.2, 0.25) is 0 Å². The smallest absolute Gasteiger partial charge is 0.254 e. The number of carbonyl (C=O) groups excluding carboxylic acids is 1. The van der Waals surface area contributed by atoms with Crippen LogP contribution in [-0.4, -0.2) is 28.9 Å². The van der Waals surface area contributed by atoms with Gasteiger partial charge in [0.05, 0.1) is 16.8 Å². The van der Waals surface area contributed by atoms with Crippen LogP contribution in [0.15, 0.2) is 48.5 Å². The van der Waals surface area contributed by atoms with Crippen molar-refractivity contribution in [2.75, 3.05) is 13.1 Å². The molecule has 1 aliphatic heterocycles. The van der Waals surface area contributed by atoms with Crippen LogP contribution in [0.1, 0.15) is 41.3 Å². The molecule has 2 aromatic carbocycles. The summed E-state index contributed by atoms with van der Waals surface area (Å²) in [5, 5.41) is 0.939. The number of carbonyl (C=O) groups is 1. The number of aryl methyl sites for hydroxylation is 2. The second kappa shape index (κ2) is 7.15. The third-order valence-corrected chi connectivity index (χ3v) is 5.55. The van der Waals surface area contributed by atoms with Gasteiger partial charge >= 0.3 is 0 Å². The monoisotopic (exact) mass is 358 g/mol. The molecule has 0 N–H and O–H groups in total. The number of pyridine rings is 1. The molecule has 4 rings (SSSR count). The van der Waals surface area contributed by atoms with Crippen molar-refractivity contribution in [1.82, 2.24) is 9.88 Å². The van der Waals surface area contributed by atoms with E-state index in [2.05, 4.69) is 39.0 Å². The number of amides is 1. The zero-order chi connectivity index (χ0) is 19.0. The van der Waals surface area contributed by atoms with E-state index < -0.39 is 0 Å². The summed E-state index contributed by atoms with van der Waals surface area (Å²) in [7, 11) is 0. The maximum atomic E-state index is 13.4. The highest BCUT2D eigenvalue weighted by atomic mass is 16.2. The van der Waals surface area contributed by atoms with Crippen LogP contribution in [0.4, 0.5) is 0 Å². The van der Waals surface area contributed by atoms with E-state index in [0.717, 1.165) is 47.2 Å². The first-order valence-corrected chi connectivity index (χ1v) is 9.79. The molecule has 27 heavy (non-hydrogen) atoms. The van der Waals surface area contributed by atoms with Gasteiger partial charge in [0.25, 0.3) is 5.91 Å². The number of aromatic nitrogens is 1. The van der Waals surface area contributed by atoms with Crippen LogP contribution >= 0.6 is 0 Å². The lowest BCUT2D eigenvalue weighted by molar-refractivity contribution is 0.0685. The van der Waals surface area contributed by atoms with E-state index in [1.54, 1.807) is 0 Å². The van der Waals surface area contributed by atoms with Crippen molar-refractivity contribution < 1.29 is 4.79 Å². The van der Waals surface area contributed by atoms with E-state index in [4.69, 9.17) is 4.98 Å². The van der Waals surface area contributed by atoms with Gasteiger partial charge in [0.1, 0.15) is 0 Å². The molecule has 3 nitrogen and oxygen atoms in total. The molecule has 0 aliphatic carbocycles. The lowest BCUT2D eigenvalue weighted by Crippen LogP contribution is -2.39. The molecule has 3 aromatic rings. The summed E-state index contributed by atoms with van der Waals surface area (Å²) in [6, 6.07) is 16.3. The Balaban J connectivity index is 1.85. The van der Waals surface area contributed by atoms with Gasteiger partial charge in [-0.15, -0.1) is 0 Å². The van der Waals surface area contributed by atoms with Crippen LogP contribution in [0.2, 0.25) is 0 Å². The molecule has 3 heteroatoms. The minimum Gasteiger partial charge on any atom is -0.338 e. The molecule has 138 valence electrons. The van der Waals surface area contributed by atoms with Gasteiger partial charge < -0.3 is 4.90 Å². The number of benzene rings is 2. The number of hydrogen-bond donors (Lipinski definition) is 0. The Morgan fingerprint density at radius 2 is 1.93 bits per heavy atom. The molecule has 0 radical (unpaired) electrons. The van der Waals surface area contributed by atoms with Crippen LogP contribution in [0.3, 0.4) is 0 Å². The summed E-state index contributed by atoms with van der Waals surface area (Å²) in [5.41, 5.74) is 6.03. The predicted molar refractivity (Wildman–Crippen MR) is 111 cm³/mol. The Bertz CT molecular complexity index is 1010. The number of rotatable bonds is 2. The lowest BCUT2D eigenvalue weighted by atomic mass is 9.97. The second-order valence-corrected chi connectivity index (χ2v) is 7.89. The van der Waals surface area contributed by atoms with Crippen LogP contribution < -0.4 is 0 Å². The van der Waals surface area contributed by atoms with E-state index in [0.29, 0.717) is 5.92 Å². The maximum absolute atomic E-state index is 13.4. The first kappa shape index (κ1) is 17.7. The molecule has 2 heterocycles. The molecule has 1 saturated heterocycles. The van der Waals surface area contributed by atoms with Gasteiger partial charge in [0, 0.05) is 24.0 Å². The SMILES string of the molecule is Cc1ccc(-c2cc(C(=O)N3CCCC(C)C3)c3ccccc3n2)c(C)c1. The number of nitrogens with zero attached hydrogens (tertiary/aromatic N) is 2. The highest BCUT2D eigenvalue weighted by molar-refractivity contribution is 6.07. The van der Waals surface area contributed by atoms with Crippen molar-refractivity contribution in [2.45, 2.75) is 33.6 Å². The largest absolute Gasteiger partial charge is 0.338 e. The molecule has 1 unspecified atom stereocenters. The summed E-state index contributed by atoms with van der Waals surface area (Å²) in [6.45, 7) is 8.11. The topological polar surface area (TPSA) is 33.2 Å².